The van der Waals surface area contributed by atoms with Crippen LogP contribution >= 0.6 is 0 Å². The Balaban J connectivity index is 1.74. The second-order valence-corrected chi connectivity index (χ2v) is 6.19. The number of carbonyl (C=O) groups is 1. The Morgan fingerprint density at radius 1 is 1.09 bits per heavy atom. The maximum Gasteiger partial charge on any atom is 0.259 e. The lowest BCUT2D eigenvalue weighted by Gasteiger charge is -2.14. The van der Waals surface area contributed by atoms with Crippen LogP contribution in [-0.2, 0) is 12.8 Å². The van der Waals surface area contributed by atoms with Crippen molar-refractivity contribution in [2.45, 2.75) is 26.7 Å². The zero-order valence-electron chi connectivity index (χ0n) is 13.4. The highest BCUT2D eigenvalue weighted by atomic mass is 16.5. The summed E-state index contributed by atoms with van der Waals surface area (Å²) >= 11 is 0. The Morgan fingerprint density at radius 3 is 2.74 bits per heavy atom. The maximum absolute atomic E-state index is 12.9. The predicted molar refractivity (Wildman–Crippen MR) is 88.7 cm³/mol. The molecule has 1 amide bonds. The Morgan fingerprint density at radius 2 is 1.91 bits per heavy atom. The van der Waals surface area contributed by atoms with Crippen molar-refractivity contribution in [3.8, 4) is 11.5 Å². The third-order valence-corrected chi connectivity index (χ3v) is 4.51. The van der Waals surface area contributed by atoms with Crippen LogP contribution in [-0.4, -0.2) is 19.1 Å². The fourth-order valence-electron chi connectivity index (χ4n) is 3.36. The van der Waals surface area contributed by atoms with Gasteiger partial charge in [0.1, 0.15) is 11.5 Å². The van der Waals surface area contributed by atoms with E-state index < -0.39 is 0 Å². The minimum absolute atomic E-state index is 0.113. The zero-order valence-corrected chi connectivity index (χ0v) is 13.4. The molecule has 23 heavy (non-hydrogen) atoms. The first-order chi connectivity index (χ1) is 11.1. The predicted octanol–water partition coefficient (Wildman–Crippen LogP) is 3.43. The molecule has 4 heteroatoms. The molecule has 2 aliphatic rings. The molecule has 118 valence electrons. The number of rotatable bonds is 2. The van der Waals surface area contributed by atoms with Crippen LogP contribution < -0.4 is 14.8 Å². The van der Waals surface area contributed by atoms with Gasteiger partial charge in [-0.05, 0) is 31.5 Å². The highest BCUT2D eigenvalue weighted by Gasteiger charge is 2.30. The lowest BCUT2D eigenvalue weighted by molar-refractivity contribution is 0.102. The van der Waals surface area contributed by atoms with Crippen molar-refractivity contribution in [2.75, 3.05) is 18.5 Å². The van der Waals surface area contributed by atoms with Gasteiger partial charge in [-0.15, -0.1) is 0 Å². The lowest BCUT2D eigenvalue weighted by atomic mass is 9.98. The number of hydrogen-bond acceptors (Lipinski definition) is 3. The van der Waals surface area contributed by atoms with Gasteiger partial charge >= 0.3 is 0 Å². The van der Waals surface area contributed by atoms with Crippen molar-refractivity contribution in [3.05, 3.63) is 52.1 Å². The normalized spacial score (nSPS) is 14.7. The molecule has 0 atom stereocenters. The van der Waals surface area contributed by atoms with Crippen LogP contribution in [0, 0.1) is 13.8 Å². The highest BCUT2D eigenvalue weighted by Crippen LogP contribution is 2.40. The van der Waals surface area contributed by atoms with Gasteiger partial charge in [-0.3, -0.25) is 4.79 Å². The molecule has 0 aromatic heterocycles. The summed E-state index contributed by atoms with van der Waals surface area (Å²) in [6.07, 6.45) is 1.58. The molecule has 0 saturated carbocycles. The van der Waals surface area contributed by atoms with Gasteiger partial charge in [0.05, 0.1) is 18.8 Å². The van der Waals surface area contributed by atoms with Crippen molar-refractivity contribution >= 4 is 11.6 Å². The number of benzene rings is 2. The third kappa shape index (κ3) is 2.34. The van der Waals surface area contributed by atoms with Crippen LogP contribution in [0.1, 0.15) is 32.6 Å². The first kappa shape index (κ1) is 14.1. The molecule has 2 aliphatic heterocycles. The van der Waals surface area contributed by atoms with Gasteiger partial charge in [0.2, 0.25) is 0 Å². The molecule has 0 bridgehead atoms. The molecule has 2 heterocycles. The van der Waals surface area contributed by atoms with E-state index in [1.807, 2.05) is 32.0 Å². The van der Waals surface area contributed by atoms with Crippen molar-refractivity contribution in [1.82, 2.24) is 0 Å². The van der Waals surface area contributed by atoms with Crippen molar-refractivity contribution in [2.24, 2.45) is 0 Å². The number of ether oxygens (including phenoxy) is 2. The van der Waals surface area contributed by atoms with Crippen LogP contribution in [0.25, 0.3) is 0 Å². The van der Waals surface area contributed by atoms with E-state index in [2.05, 4.69) is 11.4 Å². The fourth-order valence-corrected chi connectivity index (χ4v) is 3.36. The monoisotopic (exact) mass is 309 g/mol. The summed E-state index contributed by atoms with van der Waals surface area (Å²) in [6.45, 7) is 5.30. The summed E-state index contributed by atoms with van der Waals surface area (Å²) in [4.78, 5) is 12.9. The maximum atomic E-state index is 12.9. The van der Waals surface area contributed by atoms with E-state index in [-0.39, 0.29) is 5.91 Å². The van der Waals surface area contributed by atoms with E-state index in [1.165, 1.54) is 5.56 Å². The van der Waals surface area contributed by atoms with Crippen LogP contribution in [0.4, 0.5) is 5.69 Å². The molecule has 2 aromatic rings. The topological polar surface area (TPSA) is 47.6 Å². The van der Waals surface area contributed by atoms with E-state index in [0.29, 0.717) is 18.8 Å². The van der Waals surface area contributed by atoms with Gasteiger partial charge in [-0.1, -0.05) is 17.7 Å². The van der Waals surface area contributed by atoms with Crippen molar-refractivity contribution < 1.29 is 14.3 Å². The van der Waals surface area contributed by atoms with Gasteiger partial charge in [-0.2, -0.15) is 0 Å². The van der Waals surface area contributed by atoms with Gasteiger partial charge in [-0.25, -0.2) is 0 Å². The average Bonchev–Trinajstić information content (AvgIpc) is 3.15. The fraction of sp³-hybridized carbons (Fsp3) is 0.316. The van der Waals surface area contributed by atoms with Crippen LogP contribution in [0.2, 0.25) is 0 Å². The Bertz CT molecular complexity index is 778. The summed E-state index contributed by atoms with van der Waals surface area (Å²) in [5.41, 5.74) is 5.75. The Labute approximate surface area is 135 Å². The highest BCUT2D eigenvalue weighted by molar-refractivity contribution is 6.08. The third-order valence-electron chi connectivity index (χ3n) is 4.51. The second kappa shape index (κ2) is 5.30. The van der Waals surface area contributed by atoms with Crippen LogP contribution in [0.5, 0.6) is 11.5 Å². The van der Waals surface area contributed by atoms with Gasteiger partial charge in [0.15, 0.2) is 0 Å². The quantitative estimate of drug-likeness (QED) is 0.924. The molecule has 0 saturated heterocycles. The first-order valence-corrected chi connectivity index (χ1v) is 7.96. The zero-order chi connectivity index (χ0) is 16.0. The van der Waals surface area contributed by atoms with Crippen LogP contribution in [0.15, 0.2) is 24.3 Å². The summed E-state index contributed by atoms with van der Waals surface area (Å²) < 4.78 is 11.4. The molecular weight excluding hydrogens is 290 g/mol. The Hall–Kier alpha value is -2.49. The van der Waals surface area contributed by atoms with Crippen LogP contribution in [0.3, 0.4) is 0 Å². The number of amides is 1. The molecule has 0 radical (unpaired) electrons. The molecule has 0 unspecified atom stereocenters. The van der Waals surface area contributed by atoms with Crippen molar-refractivity contribution in [3.63, 3.8) is 0 Å². The van der Waals surface area contributed by atoms with E-state index in [4.69, 9.17) is 9.47 Å². The van der Waals surface area contributed by atoms with E-state index in [1.54, 1.807) is 0 Å². The van der Waals surface area contributed by atoms with E-state index in [0.717, 1.165) is 46.7 Å². The van der Waals surface area contributed by atoms with Gasteiger partial charge in [0.25, 0.3) is 5.91 Å². The molecule has 0 aliphatic carbocycles. The molecule has 4 nitrogen and oxygen atoms in total. The number of carbonyl (C=O) groups excluding carboxylic acids is 1. The standard InChI is InChI=1S/C19H19NO3/c1-11-3-4-15(12(2)9-11)20-19(21)17-14-6-8-22-16(14)10-13-5-7-23-18(13)17/h3-4,9-10H,5-8H2,1-2H3,(H,20,21). The molecule has 0 spiro atoms. The van der Waals surface area contributed by atoms with E-state index >= 15 is 0 Å². The molecule has 2 aromatic carbocycles. The molecule has 4 rings (SSSR count). The second-order valence-electron chi connectivity index (χ2n) is 6.19. The first-order valence-electron chi connectivity index (χ1n) is 7.96. The summed E-state index contributed by atoms with van der Waals surface area (Å²) in [5.74, 6) is 1.45. The number of hydrogen-bond donors (Lipinski definition) is 1. The van der Waals surface area contributed by atoms with Gasteiger partial charge < -0.3 is 14.8 Å². The SMILES string of the molecule is Cc1ccc(NC(=O)c2c3c(cc4c2OCC4)OCC3)c(C)c1. The van der Waals surface area contributed by atoms with E-state index in [9.17, 15) is 4.79 Å². The molecule has 0 fully saturated rings. The summed E-state index contributed by atoms with van der Waals surface area (Å²) in [6, 6.07) is 8.04. The average molecular weight is 309 g/mol. The minimum Gasteiger partial charge on any atom is -0.493 e. The number of anilines is 1. The summed E-state index contributed by atoms with van der Waals surface area (Å²) in [7, 11) is 0. The van der Waals surface area contributed by atoms with Gasteiger partial charge in [0, 0.05) is 29.7 Å². The van der Waals surface area contributed by atoms with Crippen molar-refractivity contribution in [1.29, 1.82) is 0 Å². The molecular formula is C19H19NO3. The summed E-state index contributed by atoms with van der Waals surface area (Å²) in [5, 5.41) is 3.04. The number of nitrogens with one attached hydrogen (secondary N) is 1. The number of fused-ring (bicyclic) bond motifs is 2. The number of aryl methyl sites for hydroxylation is 2. The lowest BCUT2D eigenvalue weighted by Crippen LogP contribution is -2.16. The molecule has 1 N–H and O–H groups in total. The smallest absolute Gasteiger partial charge is 0.259 e. The largest absolute Gasteiger partial charge is 0.493 e. The minimum atomic E-state index is -0.113. The Kier molecular flexibility index (Phi) is 3.26.